The van der Waals surface area contributed by atoms with Crippen molar-refractivity contribution in [3.05, 3.63) is 77.6 Å². The molecule has 1 heterocycles. The summed E-state index contributed by atoms with van der Waals surface area (Å²) in [5, 5.41) is 4.65. The number of hydrogen-bond donors (Lipinski definition) is 1. The summed E-state index contributed by atoms with van der Waals surface area (Å²) in [6, 6.07) is 16.8. The predicted octanol–water partition coefficient (Wildman–Crippen LogP) is 3.95. The topological polar surface area (TPSA) is 58.6 Å². The third-order valence-corrected chi connectivity index (χ3v) is 5.19. The molecule has 28 heavy (non-hydrogen) atoms. The zero-order valence-corrected chi connectivity index (χ0v) is 15.5. The zero-order valence-electron chi connectivity index (χ0n) is 15.5. The summed E-state index contributed by atoms with van der Waals surface area (Å²) in [4.78, 5) is 26.6. The number of amides is 3. The molecule has 1 unspecified atom stereocenters. The van der Waals surface area contributed by atoms with Gasteiger partial charge >= 0.3 is 6.03 Å². The van der Waals surface area contributed by atoms with Crippen LogP contribution in [0.1, 0.15) is 18.1 Å². The normalized spacial score (nSPS) is 19.2. The maximum Gasteiger partial charge on any atom is 0.325 e. The van der Waals surface area contributed by atoms with E-state index >= 15 is 0 Å². The molecule has 3 aromatic carbocycles. The third kappa shape index (κ3) is 2.87. The monoisotopic (exact) mass is 378 g/mol. The second-order valence-corrected chi connectivity index (χ2v) is 6.97. The van der Waals surface area contributed by atoms with Crippen molar-refractivity contribution >= 4 is 22.7 Å². The fraction of sp³-hybridized carbons (Fsp3) is 0.182. The Bertz CT molecular complexity index is 1100. The van der Waals surface area contributed by atoms with Crippen molar-refractivity contribution < 1.29 is 18.7 Å². The Hall–Kier alpha value is -3.41. The first-order valence-electron chi connectivity index (χ1n) is 8.88. The quantitative estimate of drug-likeness (QED) is 0.700. The number of fused-ring (bicyclic) bond motifs is 1. The number of methoxy groups -OCH3 is 1. The van der Waals surface area contributed by atoms with Crippen molar-refractivity contribution in [1.82, 2.24) is 10.2 Å². The van der Waals surface area contributed by atoms with Crippen LogP contribution in [0.25, 0.3) is 10.8 Å². The summed E-state index contributed by atoms with van der Waals surface area (Å²) < 4.78 is 19.2. The summed E-state index contributed by atoms with van der Waals surface area (Å²) in [6.45, 7) is 1.55. The molecule has 1 aliphatic rings. The number of imide groups is 1. The lowest BCUT2D eigenvalue weighted by atomic mass is 9.90. The fourth-order valence-electron chi connectivity index (χ4n) is 3.49. The Balaban J connectivity index is 1.68. The Morgan fingerprint density at radius 2 is 1.75 bits per heavy atom. The van der Waals surface area contributed by atoms with Crippen LogP contribution in [0.2, 0.25) is 0 Å². The number of benzene rings is 3. The molecular formula is C22H19FN2O3. The highest BCUT2D eigenvalue weighted by Crippen LogP contribution is 2.32. The van der Waals surface area contributed by atoms with E-state index in [2.05, 4.69) is 5.32 Å². The first-order valence-corrected chi connectivity index (χ1v) is 8.88. The van der Waals surface area contributed by atoms with Gasteiger partial charge in [-0.15, -0.1) is 0 Å². The smallest absolute Gasteiger partial charge is 0.325 e. The van der Waals surface area contributed by atoms with Gasteiger partial charge < -0.3 is 10.1 Å². The van der Waals surface area contributed by atoms with E-state index in [0.717, 1.165) is 21.4 Å². The Kier molecular flexibility index (Phi) is 4.26. The molecule has 1 aliphatic heterocycles. The highest BCUT2D eigenvalue weighted by molar-refractivity contribution is 6.07. The standard InChI is InChI=1S/C22H19FN2O3/c1-22(17-9-7-15-12-18(28-2)10-8-14(15)11-17)20(26)25(21(27)24-22)13-16-5-3-4-6-19(16)23/h3-12H,13H2,1-2H3,(H,24,27). The highest BCUT2D eigenvalue weighted by Gasteiger charge is 2.49. The van der Waals surface area contributed by atoms with Gasteiger partial charge in [0.05, 0.1) is 13.7 Å². The summed E-state index contributed by atoms with van der Waals surface area (Å²) in [5.41, 5.74) is -0.253. The third-order valence-electron chi connectivity index (χ3n) is 5.19. The lowest BCUT2D eigenvalue weighted by Crippen LogP contribution is -2.40. The van der Waals surface area contributed by atoms with Crippen LogP contribution in [0, 0.1) is 5.82 Å². The summed E-state index contributed by atoms with van der Waals surface area (Å²) in [5.74, 6) is -0.113. The Morgan fingerprint density at radius 3 is 2.50 bits per heavy atom. The molecule has 0 aliphatic carbocycles. The minimum Gasteiger partial charge on any atom is -0.497 e. The molecular weight excluding hydrogens is 359 g/mol. The second-order valence-electron chi connectivity index (χ2n) is 6.97. The maximum atomic E-state index is 14.0. The average molecular weight is 378 g/mol. The van der Waals surface area contributed by atoms with E-state index in [9.17, 15) is 14.0 Å². The summed E-state index contributed by atoms with van der Waals surface area (Å²) >= 11 is 0. The molecule has 3 aromatic rings. The molecule has 1 N–H and O–H groups in total. The van der Waals surface area contributed by atoms with E-state index in [1.165, 1.54) is 6.07 Å². The minimum atomic E-state index is -1.21. The van der Waals surface area contributed by atoms with E-state index in [1.807, 2.05) is 36.4 Å². The molecule has 3 amide bonds. The summed E-state index contributed by atoms with van der Waals surface area (Å²) in [6.07, 6.45) is 0. The van der Waals surface area contributed by atoms with Gasteiger partial charge in [-0.25, -0.2) is 9.18 Å². The van der Waals surface area contributed by atoms with Gasteiger partial charge in [0.2, 0.25) is 0 Å². The molecule has 1 fully saturated rings. The van der Waals surface area contributed by atoms with Crippen molar-refractivity contribution in [2.24, 2.45) is 0 Å². The molecule has 0 spiro atoms. The fourth-order valence-corrected chi connectivity index (χ4v) is 3.49. The van der Waals surface area contributed by atoms with Crippen LogP contribution in [-0.2, 0) is 16.9 Å². The van der Waals surface area contributed by atoms with Crippen LogP contribution < -0.4 is 10.1 Å². The van der Waals surface area contributed by atoms with Crippen LogP contribution in [0.3, 0.4) is 0 Å². The SMILES string of the molecule is COc1ccc2cc(C3(C)NC(=O)N(Cc4ccccc4F)C3=O)ccc2c1. The predicted molar refractivity (Wildman–Crippen MR) is 103 cm³/mol. The Labute approximate surface area is 161 Å². The van der Waals surface area contributed by atoms with Gasteiger partial charge in [-0.1, -0.05) is 36.4 Å². The number of halogens is 1. The molecule has 0 saturated carbocycles. The lowest BCUT2D eigenvalue weighted by Gasteiger charge is -2.23. The number of urea groups is 1. The van der Waals surface area contributed by atoms with Crippen LogP contribution in [0.5, 0.6) is 5.75 Å². The average Bonchev–Trinajstić information content (AvgIpc) is 2.92. The van der Waals surface area contributed by atoms with Gasteiger partial charge in [-0.3, -0.25) is 9.69 Å². The number of rotatable bonds is 4. The van der Waals surface area contributed by atoms with Crippen LogP contribution in [0.15, 0.2) is 60.7 Å². The van der Waals surface area contributed by atoms with Gasteiger partial charge in [-0.2, -0.15) is 0 Å². The minimum absolute atomic E-state index is 0.113. The second kappa shape index (κ2) is 6.64. The van der Waals surface area contributed by atoms with E-state index in [-0.39, 0.29) is 6.54 Å². The first-order chi connectivity index (χ1) is 13.4. The number of nitrogens with zero attached hydrogens (tertiary/aromatic N) is 1. The zero-order chi connectivity index (χ0) is 19.9. The molecule has 1 saturated heterocycles. The van der Waals surface area contributed by atoms with Crippen molar-refractivity contribution in [2.45, 2.75) is 19.0 Å². The molecule has 5 nitrogen and oxygen atoms in total. The summed E-state index contributed by atoms with van der Waals surface area (Å²) in [7, 11) is 1.60. The Morgan fingerprint density at radius 1 is 1.04 bits per heavy atom. The van der Waals surface area contributed by atoms with Crippen LogP contribution in [0.4, 0.5) is 9.18 Å². The van der Waals surface area contributed by atoms with Crippen LogP contribution in [-0.4, -0.2) is 23.9 Å². The number of nitrogens with one attached hydrogen (secondary N) is 1. The van der Waals surface area contributed by atoms with Gasteiger partial charge in [0.25, 0.3) is 5.91 Å². The van der Waals surface area contributed by atoms with E-state index < -0.39 is 23.3 Å². The molecule has 6 heteroatoms. The van der Waals surface area contributed by atoms with E-state index in [0.29, 0.717) is 11.1 Å². The maximum absolute atomic E-state index is 14.0. The van der Waals surface area contributed by atoms with Gasteiger partial charge in [0, 0.05) is 5.56 Å². The molecule has 0 aromatic heterocycles. The molecule has 4 rings (SSSR count). The highest BCUT2D eigenvalue weighted by atomic mass is 19.1. The van der Waals surface area contributed by atoms with Crippen molar-refractivity contribution in [2.75, 3.05) is 7.11 Å². The number of ether oxygens (including phenoxy) is 1. The van der Waals surface area contributed by atoms with Crippen molar-refractivity contribution in [3.8, 4) is 5.75 Å². The number of carbonyl (C=O) groups is 2. The molecule has 142 valence electrons. The van der Waals surface area contributed by atoms with E-state index in [4.69, 9.17) is 4.74 Å². The molecule has 0 radical (unpaired) electrons. The lowest BCUT2D eigenvalue weighted by molar-refractivity contribution is -0.131. The van der Waals surface area contributed by atoms with Gasteiger partial charge in [-0.05, 0) is 47.5 Å². The van der Waals surface area contributed by atoms with Crippen molar-refractivity contribution in [3.63, 3.8) is 0 Å². The van der Waals surface area contributed by atoms with Crippen LogP contribution >= 0.6 is 0 Å². The first kappa shape index (κ1) is 18.0. The van der Waals surface area contributed by atoms with E-state index in [1.54, 1.807) is 32.2 Å². The van der Waals surface area contributed by atoms with Gasteiger partial charge in [0.15, 0.2) is 0 Å². The molecule has 1 atom stereocenters. The largest absolute Gasteiger partial charge is 0.497 e. The number of carbonyl (C=O) groups excluding carboxylic acids is 2. The van der Waals surface area contributed by atoms with Gasteiger partial charge in [0.1, 0.15) is 17.1 Å². The number of hydrogen-bond acceptors (Lipinski definition) is 3. The van der Waals surface area contributed by atoms with Crippen molar-refractivity contribution in [1.29, 1.82) is 0 Å². The molecule has 0 bridgehead atoms.